The molecule has 2 nitrogen and oxygen atoms in total. The monoisotopic (exact) mass is 762 g/mol. The zero-order chi connectivity index (χ0) is 40.5. The standard InChI is InChI=1S/C56H62N2/c1-7-11-18-42-24-28-48(29-25-42)51-22-15-23-52(53(51)49-30-26-43(27-31-49)19-12-8-2)56(58-55-41(6)17-14-21-45(55)10-4)38-36-47(37-39-56)46-32-34-50(35-33-46)57-54-40(5)16-13-20-44(54)9-3/h13-17,20-38,57-58H,7-12,18-19,39H2,1-6H3. The van der Waals surface area contributed by atoms with Gasteiger partial charge in [-0.15, -0.1) is 0 Å². The molecule has 1 aliphatic carbocycles. The van der Waals surface area contributed by atoms with E-state index in [1.807, 2.05) is 0 Å². The zero-order valence-electron chi connectivity index (χ0n) is 35.7. The number of para-hydroxylation sites is 2. The van der Waals surface area contributed by atoms with Crippen molar-refractivity contribution in [2.45, 2.75) is 105 Å². The first kappa shape index (κ1) is 40.6. The molecule has 0 spiro atoms. The SMILES string of the molecule is CCCCc1ccc(-c2cccc(C3(Nc4c(C)cccc4CC)C=CC(c4ccc(Nc5c(C)cccc5CC)cc4)=CC3)c2-c2ccc(CCCC)cc2)cc1. The number of allylic oxidation sites excluding steroid dienone is 2. The van der Waals surface area contributed by atoms with E-state index in [1.54, 1.807) is 0 Å². The smallest absolute Gasteiger partial charge is 0.0854 e. The van der Waals surface area contributed by atoms with Crippen molar-refractivity contribution in [3.63, 3.8) is 0 Å². The summed E-state index contributed by atoms with van der Waals surface area (Å²) < 4.78 is 0. The van der Waals surface area contributed by atoms with Crippen LogP contribution in [0.2, 0.25) is 0 Å². The third-order valence-corrected chi connectivity index (χ3v) is 12.2. The van der Waals surface area contributed by atoms with Crippen molar-refractivity contribution in [3.05, 3.63) is 190 Å². The number of anilines is 3. The van der Waals surface area contributed by atoms with E-state index in [1.165, 1.54) is 109 Å². The lowest BCUT2D eigenvalue weighted by atomic mass is 9.75. The molecule has 0 radical (unpaired) electrons. The molecule has 0 fully saturated rings. The van der Waals surface area contributed by atoms with Crippen molar-refractivity contribution in [3.8, 4) is 22.3 Å². The first-order valence-corrected chi connectivity index (χ1v) is 21.9. The fraction of sp³-hybridized carbons (Fsp3) is 0.286. The van der Waals surface area contributed by atoms with E-state index < -0.39 is 5.54 Å². The van der Waals surface area contributed by atoms with E-state index in [0.717, 1.165) is 37.8 Å². The minimum Gasteiger partial charge on any atom is -0.371 e. The van der Waals surface area contributed by atoms with Crippen molar-refractivity contribution in [2.24, 2.45) is 0 Å². The third-order valence-electron chi connectivity index (χ3n) is 12.2. The minimum absolute atomic E-state index is 0.490. The Morgan fingerprint density at radius 2 is 1.10 bits per heavy atom. The van der Waals surface area contributed by atoms with Crippen LogP contribution in [0.25, 0.3) is 27.8 Å². The van der Waals surface area contributed by atoms with Gasteiger partial charge in [-0.2, -0.15) is 0 Å². The summed E-state index contributed by atoms with van der Waals surface area (Å²) >= 11 is 0. The summed E-state index contributed by atoms with van der Waals surface area (Å²) in [6.45, 7) is 13.4. The van der Waals surface area contributed by atoms with Crippen molar-refractivity contribution in [2.75, 3.05) is 10.6 Å². The molecule has 0 saturated carbocycles. The maximum atomic E-state index is 4.24. The van der Waals surface area contributed by atoms with Gasteiger partial charge >= 0.3 is 0 Å². The average molecular weight is 763 g/mol. The van der Waals surface area contributed by atoms with Crippen LogP contribution < -0.4 is 10.6 Å². The Bertz CT molecular complexity index is 2360. The number of nitrogens with one attached hydrogen (secondary N) is 2. The number of rotatable bonds is 16. The van der Waals surface area contributed by atoms with Crippen LogP contribution in [0, 0.1) is 13.8 Å². The highest BCUT2D eigenvalue weighted by Crippen LogP contribution is 2.46. The second-order valence-electron chi connectivity index (χ2n) is 16.2. The Labute approximate surface area is 349 Å². The van der Waals surface area contributed by atoms with Crippen LogP contribution in [-0.4, -0.2) is 0 Å². The Morgan fingerprint density at radius 3 is 1.67 bits per heavy atom. The molecule has 1 atom stereocenters. The minimum atomic E-state index is -0.490. The van der Waals surface area contributed by atoms with Crippen LogP contribution in [-0.2, 0) is 31.2 Å². The maximum absolute atomic E-state index is 4.24. The lowest BCUT2D eigenvalue weighted by Gasteiger charge is -2.38. The lowest BCUT2D eigenvalue weighted by Crippen LogP contribution is -2.35. The molecule has 1 unspecified atom stereocenters. The van der Waals surface area contributed by atoms with Gasteiger partial charge in [-0.1, -0.05) is 174 Å². The normalized spacial score (nSPS) is 15.0. The highest BCUT2D eigenvalue weighted by molar-refractivity contribution is 5.88. The van der Waals surface area contributed by atoms with Gasteiger partial charge in [0.15, 0.2) is 0 Å². The molecule has 296 valence electrons. The summed E-state index contributed by atoms with van der Waals surface area (Å²) in [5.41, 5.74) is 19.9. The number of aryl methyl sites for hydroxylation is 6. The van der Waals surface area contributed by atoms with Crippen LogP contribution >= 0.6 is 0 Å². The van der Waals surface area contributed by atoms with E-state index >= 15 is 0 Å². The molecule has 7 rings (SSSR count). The Kier molecular flexibility index (Phi) is 13.1. The van der Waals surface area contributed by atoms with Gasteiger partial charge in [0.2, 0.25) is 0 Å². The molecule has 0 aliphatic heterocycles. The molecule has 0 aromatic heterocycles. The first-order valence-electron chi connectivity index (χ1n) is 21.9. The largest absolute Gasteiger partial charge is 0.371 e. The van der Waals surface area contributed by atoms with Gasteiger partial charge in [0.1, 0.15) is 0 Å². The molecule has 0 amide bonds. The Hall–Kier alpha value is -5.60. The summed E-state index contributed by atoms with van der Waals surface area (Å²) in [5, 5.41) is 7.96. The molecule has 1 aliphatic rings. The Balaban J connectivity index is 1.32. The first-order chi connectivity index (χ1) is 28.4. The van der Waals surface area contributed by atoms with E-state index in [9.17, 15) is 0 Å². The summed E-state index contributed by atoms with van der Waals surface area (Å²) in [5.74, 6) is 0. The molecular formula is C56H62N2. The van der Waals surface area contributed by atoms with E-state index in [-0.39, 0.29) is 0 Å². The van der Waals surface area contributed by atoms with Crippen LogP contribution in [0.1, 0.15) is 104 Å². The predicted molar refractivity (Wildman–Crippen MR) is 252 cm³/mol. The number of hydrogen-bond acceptors (Lipinski definition) is 2. The van der Waals surface area contributed by atoms with Crippen molar-refractivity contribution in [1.82, 2.24) is 0 Å². The molecule has 0 saturated heterocycles. The van der Waals surface area contributed by atoms with E-state index in [0.29, 0.717) is 0 Å². The topological polar surface area (TPSA) is 24.1 Å². The highest BCUT2D eigenvalue weighted by Gasteiger charge is 2.35. The van der Waals surface area contributed by atoms with Gasteiger partial charge in [-0.3, -0.25) is 0 Å². The van der Waals surface area contributed by atoms with Crippen molar-refractivity contribution in [1.29, 1.82) is 0 Å². The number of unbranched alkanes of at least 4 members (excludes halogenated alkanes) is 2. The summed E-state index contributed by atoms with van der Waals surface area (Å²) in [6.07, 6.45) is 17.1. The van der Waals surface area contributed by atoms with Crippen LogP contribution in [0.4, 0.5) is 17.1 Å². The average Bonchev–Trinajstić information content (AvgIpc) is 3.27. The van der Waals surface area contributed by atoms with Crippen LogP contribution in [0.15, 0.2) is 146 Å². The molecule has 0 bridgehead atoms. The molecule has 2 heteroatoms. The fourth-order valence-corrected chi connectivity index (χ4v) is 8.66. The van der Waals surface area contributed by atoms with E-state index in [4.69, 9.17) is 0 Å². The lowest BCUT2D eigenvalue weighted by molar-refractivity contribution is 0.619. The molecule has 6 aromatic rings. The Morgan fingerprint density at radius 1 is 0.552 bits per heavy atom. The van der Waals surface area contributed by atoms with Crippen LogP contribution in [0.3, 0.4) is 0 Å². The third kappa shape index (κ3) is 8.92. The summed E-state index contributed by atoms with van der Waals surface area (Å²) in [6, 6.07) is 48.0. The molecule has 58 heavy (non-hydrogen) atoms. The summed E-state index contributed by atoms with van der Waals surface area (Å²) in [7, 11) is 0. The molecule has 2 N–H and O–H groups in total. The number of benzene rings is 6. The quantitative estimate of drug-likeness (QED) is 0.103. The predicted octanol–water partition coefficient (Wildman–Crippen LogP) is 15.5. The van der Waals surface area contributed by atoms with Crippen molar-refractivity contribution < 1.29 is 0 Å². The maximum Gasteiger partial charge on any atom is 0.0854 e. The molecule has 0 heterocycles. The highest BCUT2D eigenvalue weighted by atomic mass is 15.0. The van der Waals surface area contributed by atoms with Crippen molar-refractivity contribution >= 4 is 22.6 Å². The van der Waals surface area contributed by atoms with E-state index in [2.05, 4.69) is 198 Å². The van der Waals surface area contributed by atoms with Gasteiger partial charge in [-0.25, -0.2) is 0 Å². The zero-order valence-corrected chi connectivity index (χ0v) is 35.7. The molecule has 6 aromatic carbocycles. The second-order valence-corrected chi connectivity index (χ2v) is 16.2. The molecular weight excluding hydrogens is 701 g/mol. The second kappa shape index (κ2) is 18.8. The van der Waals surface area contributed by atoms with Gasteiger partial charge in [-0.05, 0) is 143 Å². The van der Waals surface area contributed by atoms with Crippen LogP contribution in [0.5, 0.6) is 0 Å². The van der Waals surface area contributed by atoms with Gasteiger partial charge in [0.05, 0.1) is 5.54 Å². The number of hydrogen-bond donors (Lipinski definition) is 2. The van der Waals surface area contributed by atoms with Gasteiger partial charge < -0.3 is 10.6 Å². The van der Waals surface area contributed by atoms with Gasteiger partial charge in [0.25, 0.3) is 0 Å². The fourth-order valence-electron chi connectivity index (χ4n) is 8.66. The summed E-state index contributed by atoms with van der Waals surface area (Å²) in [4.78, 5) is 0. The van der Waals surface area contributed by atoms with Gasteiger partial charge in [0, 0.05) is 17.1 Å².